The molecule has 84 valence electrons. The molecule has 5 nitrogen and oxygen atoms in total. The molecule has 0 aliphatic carbocycles. The molecule has 1 aromatic carbocycles. The maximum Gasteiger partial charge on any atom is 0.257 e. The smallest absolute Gasteiger partial charge is 0.257 e. The Kier molecular flexibility index (Phi) is 2.36. The molecule has 2 amide bonds. The minimum atomic E-state index is -1.50. The number of rotatable bonds is 3. The van der Waals surface area contributed by atoms with E-state index in [-0.39, 0.29) is 0 Å². The first-order valence-corrected chi connectivity index (χ1v) is 4.90. The summed E-state index contributed by atoms with van der Waals surface area (Å²) < 4.78 is 5.06. The third-order valence-corrected chi connectivity index (χ3v) is 2.84. The lowest BCUT2D eigenvalue weighted by atomic mass is 9.94. The number of carbonyl (C=O) groups is 2. The van der Waals surface area contributed by atoms with Crippen LogP contribution in [0.4, 0.5) is 0 Å². The summed E-state index contributed by atoms with van der Waals surface area (Å²) in [4.78, 5) is 22.4. The molecular weight excluding hydrogens is 232 g/mol. The van der Waals surface area contributed by atoms with Crippen LogP contribution < -0.4 is 11.5 Å². The van der Waals surface area contributed by atoms with E-state index in [2.05, 4.69) is 0 Å². The lowest BCUT2D eigenvalue weighted by Gasteiger charge is -2.10. The summed E-state index contributed by atoms with van der Waals surface area (Å²) in [6.07, 6.45) is -1.04. The molecule has 1 aliphatic heterocycles. The average molecular weight is 241 g/mol. The standard InChI is InChI=1S/C10H9ClN2O3/c11-6-4-2-1-3-5(6)10(9(13)15)7(16-10)8(12)14/h1-4,7H,(H2,12,14)(H2,13,15). The molecule has 2 atom stereocenters. The summed E-state index contributed by atoms with van der Waals surface area (Å²) in [6.45, 7) is 0. The second kappa shape index (κ2) is 3.47. The quantitative estimate of drug-likeness (QED) is 0.722. The summed E-state index contributed by atoms with van der Waals surface area (Å²) in [7, 11) is 0. The summed E-state index contributed by atoms with van der Waals surface area (Å²) in [6, 6.07) is 6.53. The fourth-order valence-electron chi connectivity index (χ4n) is 1.70. The van der Waals surface area contributed by atoms with Crippen molar-refractivity contribution in [2.24, 2.45) is 11.5 Å². The number of nitrogens with two attached hydrogens (primary N) is 2. The van der Waals surface area contributed by atoms with E-state index >= 15 is 0 Å². The monoisotopic (exact) mass is 240 g/mol. The van der Waals surface area contributed by atoms with Crippen LogP contribution >= 0.6 is 11.6 Å². The lowest BCUT2D eigenvalue weighted by molar-refractivity contribution is -0.124. The van der Waals surface area contributed by atoms with Crippen LogP contribution in [0.15, 0.2) is 24.3 Å². The third kappa shape index (κ3) is 1.36. The molecule has 16 heavy (non-hydrogen) atoms. The molecule has 0 bridgehead atoms. The van der Waals surface area contributed by atoms with Crippen molar-refractivity contribution in [3.63, 3.8) is 0 Å². The van der Waals surface area contributed by atoms with Gasteiger partial charge in [0.25, 0.3) is 11.8 Å². The van der Waals surface area contributed by atoms with Crippen molar-refractivity contribution < 1.29 is 14.3 Å². The molecule has 1 saturated heterocycles. The van der Waals surface area contributed by atoms with Crippen LogP contribution in [-0.2, 0) is 19.9 Å². The fraction of sp³-hybridized carbons (Fsp3) is 0.200. The first-order valence-electron chi connectivity index (χ1n) is 4.52. The number of epoxide rings is 1. The van der Waals surface area contributed by atoms with Gasteiger partial charge in [-0.25, -0.2) is 0 Å². The van der Waals surface area contributed by atoms with Crippen LogP contribution in [0.2, 0.25) is 5.02 Å². The predicted molar refractivity (Wildman–Crippen MR) is 56.4 cm³/mol. The van der Waals surface area contributed by atoms with Gasteiger partial charge in [-0.3, -0.25) is 9.59 Å². The van der Waals surface area contributed by atoms with E-state index in [0.717, 1.165) is 0 Å². The molecule has 0 radical (unpaired) electrons. The molecule has 4 N–H and O–H groups in total. The Balaban J connectivity index is 2.49. The summed E-state index contributed by atoms with van der Waals surface area (Å²) >= 11 is 5.92. The van der Waals surface area contributed by atoms with Gasteiger partial charge in [-0.2, -0.15) is 0 Å². The van der Waals surface area contributed by atoms with Crippen molar-refractivity contribution >= 4 is 23.4 Å². The largest absolute Gasteiger partial charge is 0.367 e. The van der Waals surface area contributed by atoms with Crippen LogP contribution in [0.1, 0.15) is 5.56 Å². The summed E-state index contributed by atoms with van der Waals surface area (Å²) in [5.74, 6) is -1.51. The number of hydrogen-bond donors (Lipinski definition) is 2. The minimum Gasteiger partial charge on any atom is -0.367 e. The predicted octanol–water partition coefficient (Wildman–Crippen LogP) is -0.0953. The van der Waals surface area contributed by atoms with Crippen LogP contribution in [-0.4, -0.2) is 17.9 Å². The highest BCUT2D eigenvalue weighted by Crippen LogP contribution is 2.48. The molecule has 0 saturated carbocycles. The van der Waals surface area contributed by atoms with E-state index in [1.165, 1.54) is 0 Å². The van der Waals surface area contributed by atoms with Crippen molar-refractivity contribution in [1.29, 1.82) is 0 Å². The first-order chi connectivity index (χ1) is 7.50. The number of ether oxygens (including phenoxy) is 1. The van der Waals surface area contributed by atoms with Crippen molar-refractivity contribution in [3.8, 4) is 0 Å². The Morgan fingerprint density at radius 2 is 1.94 bits per heavy atom. The highest BCUT2D eigenvalue weighted by molar-refractivity contribution is 6.32. The van der Waals surface area contributed by atoms with Crippen LogP contribution in [0.25, 0.3) is 0 Å². The Bertz CT molecular complexity index is 477. The van der Waals surface area contributed by atoms with E-state index in [1.807, 2.05) is 0 Å². The molecule has 0 spiro atoms. The molecule has 6 heteroatoms. The number of primary amides is 2. The highest BCUT2D eigenvalue weighted by atomic mass is 35.5. The van der Waals surface area contributed by atoms with Crippen molar-refractivity contribution in [2.45, 2.75) is 11.7 Å². The second-order valence-electron chi connectivity index (χ2n) is 3.48. The molecule has 1 heterocycles. The molecule has 1 aliphatic rings. The van der Waals surface area contributed by atoms with E-state index in [4.69, 9.17) is 27.8 Å². The van der Waals surface area contributed by atoms with Gasteiger partial charge >= 0.3 is 0 Å². The maximum atomic E-state index is 11.4. The van der Waals surface area contributed by atoms with Gasteiger partial charge in [0.05, 0.1) is 0 Å². The number of carbonyl (C=O) groups excluding carboxylic acids is 2. The van der Waals surface area contributed by atoms with E-state index < -0.39 is 23.5 Å². The van der Waals surface area contributed by atoms with Gasteiger partial charge in [-0.05, 0) is 6.07 Å². The lowest BCUT2D eigenvalue weighted by Crippen LogP contribution is -2.36. The Morgan fingerprint density at radius 3 is 2.38 bits per heavy atom. The topological polar surface area (TPSA) is 98.7 Å². The molecule has 1 aromatic rings. The van der Waals surface area contributed by atoms with Crippen LogP contribution in [0, 0.1) is 0 Å². The first kappa shape index (κ1) is 10.9. The normalized spacial score (nSPS) is 27.4. The van der Waals surface area contributed by atoms with Crippen molar-refractivity contribution in [3.05, 3.63) is 34.9 Å². The van der Waals surface area contributed by atoms with Crippen LogP contribution in [0.5, 0.6) is 0 Å². The number of hydrogen-bond acceptors (Lipinski definition) is 3. The summed E-state index contributed by atoms with van der Waals surface area (Å²) in [5.41, 5.74) is 9.19. The van der Waals surface area contributed by atoms with Crippen molar-refractivity contribution in [2.75, 3.05) is 0 Å². The molecule has 1 fully saturated rings. The van der Waals surface area contributed by atoms with E-state index in [9.17, 15) is 9.59 Å². The minimum absolute atomic E-state index is 0.310. The van der Waals surface area contributed by atoms with Gasteiger partial charge in [0.2, 0.25) is 5.60 Å². The van der Waals surface area contributed by atoms with Gasteiger partial charge in [0.15, 0.2) is 6.10 Å². The third-order valence-electron chi connectivity index (χ3n) is 2.51. The van der Waals surface area contributed by atoms with Crippen molar-refractivity contribution in [1.82, 2.24) is 0 Å². The number of halogens is 1. The molecule has 0 aromatic heterocycles. The molecular formula is C10H9ClN2O3. The zero-order chi connectivity index (χ0) is 11.9. The average Bonchev–Trinajstić information content (AvgIpc) is 2.94. The Hall–Kier alpha value is -1.59. The Morgan fingerprint density at radius 1 is 1.31 bits per heavy atom. The van der Waals surface area contributed by atoms with Gasteiger partial charge < -0.3 is 16.2 Å². The van der Waals surface area contributed by atoms with Crippen LogP contribution in [0.3, 0.4) is 0 Å². The fourth-order valence-corrected chi connectivity index (χ4v) is 1.97. The molecule has 2 unspecified atom stereocenters. The maximum absolute atomic E-state index is 11.4. The van der Waals surface area contributed by atoms with Gasteiger partial charge in [-0.15, -0.1) is 0 Å². The van der Waals surface area contributed by atoms with E-state index in [0.29, 0.717) is 10.6 Å². The Labute approximate surface area is 96.3 Å². The number of amides is 2. The van der Waals surface area contributed by atoms with Gasteiger partial charge in [-0.1, -0.05) is 29.8 Å². The SMILES string of the molecule is NC(=O)C1OC1(C(N)=O)c1ccccc1Cl. The van der Waals surface area contributed by atoms with Gasteiger partial charge in [0.1, 0.15) is 0 Å². The second-order valence-corrected chi connectivity index (χ2v) is 3.89. The zero-order valence-electron chi connectivity index (χ0n) is 8.14. The van der Waals surface area contributed by atoms with E-state index in [1.54, 1.807) is 24.3 Å². The van der Waals surface area contributed by atoms with Gasteiger partial charge in [0, 0.05) is 10.6 Å². The summed E-state index contributed by atoms with van der Waals surface area (Å²) in [5, 5.41) is 0.310. The highest BCUT2D eigenvalue weighted by Gasteiger charge is 2.66. The zero-order valence-corrected chi connectivity index (χ0v) is 8.90. The molecule has 2 rings (SSSR count). The number of benzene rings is 1.